The number of aliphatic imine (C=N–C) groups is 1. The fraction of sp³-hybridized carbons (Fsp3) is 0.300. The summed E-state index contributed by atoms with van der Waals surface area (Å²) in [5, 5.41) is 3.13. The smallest absolute Gasteiger partial charge is 0.358 e. The summed E-state index contributed by atoms with van der Waals surface area (Å²) in [6, 6.07) is 10.1. The molecule has 14 nitrogen and oxygen atoms in total. The molecule has 2 aromatic rings. The number of carbonyl (C=O) groups is 4. The van der Waals surface area contributed by atoms with Gasteiger partial charge in [-0.05, 0) is 56.2 Å². The number of sulfonamides is 1. The first-order valence-electron chi connectivity index (χ1n) is 13.7. The summed E-state index contributed by atoms with van der Waals surface area (Å²) in [5.41, 5.74) is 9.66. The Kier molecular flexibility index (Phi) is 13.9. The van der Waals surface area contributed by atoms with E-state index in [2.05, 4.69) is 33.7 Å². The Bertz CT molecular complexity index is 1590. The zero-order valence-corrected chi connectivity index (χ0v) is 27.4. The molecular weight excluding hydrogens is 640 g/mol. The van der Waals surface area contributed by atoms with Crippen molar-refractivity contribution in [1.29, 1.82) is 0 Å². The van der Waals surface area contributed by atoms with Crippen LogP contribution in [-0.2, 0) is 51.1 Å². The minimum Gasteiger partial charge on any atom is -0.460 e. The molecule has 0 aliphatic heterocycles. The second kappa shape index (κ2) is 17.1. The van der Waals surface area contributed by atoms with Gasteiger partial charge in [-0.15, -0.1) is 0 Å². The van der Waals surface area contributed by atoms with E-state index in [9.17, 15) is 27.6 Å². The number of hydrogen-bond acceptors (Lipinski definition) is 9. The molecule has 248 valence electrons. The Labute approximate surface area is 272 Å². The molecule has 2 rings (SSSR count). The van der Waals surface area contributed by atoms with Crippen molar-refractivity contribution in [2.24, 2.45) is 10.7 Å². The van der Waals surface area contributed by atoms with E-state index < -0.39 is 58.2 Å². The highest BCUT2D eigenvalue weighted by molar-refractivity contribution is 7.88. The molecule has 0 saturated carbocycles. The lowest BCUT2D eigenvalue weighted by molar-refractivity contribution is -0.145. The summed E-state index contributed by atoms with van der Waals surface area (Å²) in [4.78, 5) is 59.6. The third kappa shape index (κ3) is 12.3. The van der Waals surface area contributed by atoms with Crippen LogP contribution in [0, 0.1) is 0 Å². The van der Waals surface area contributed by atoms with Crippen molar-refractivity contribution in [2.75, 3.05) is 13.7 Å². The summed E-state index contributed by atoms with van der Waals surface area (Å²) in [5.74, 6) is -3.49. The van der Waals surface area contributed by atoms with E-state index in [4.69, 9.17) is 26.9 Å². The number of rotatable bonds is 14. The molecule has 16 heteroatoms. The van der Waals surface area contributed by atoms with Crippen molar-refractivity contribution < 1.29 is 37.2 Å². The van der Waals surface area contributed by atoms with Gasteiger partial charge in [-0.25, -0.2) is 23.0 Å². The van der Waals surface area contributed by atoms with E-state index in [0.29, 0.717) is 21.8 Å². The average molecular weight is 677 g/mol. The lowest BCUT2D eigenvalue weighted by Crippen LogP contribution is -2.55. The van der Waals surface area contributed by atoms with Gasteiger partial charge >= 0.3 is 11.9 Å². The maximum absolute atomic E-state index is 13.4. The number of benzene rings is 2. The standard InChI is InChI=1S/C30H37ClN6O8S/c1-18(2)28(40)44-16-25(36-46(42,43)17-22-7-11-23(31)12-8-22)27(39)37(6)20(5)26(38)33-15-21-9-13-24(14-10-21)34-30(32)35-45-29(41)19(3)4/h7-14,20,25,36H,1,3,15-17H2,2,4-6H3,(H,33,38)(H3,32,34,35)/t20-,25?/m0/s1. The predicted octanol–water partition coefficient (Wildman–Crippen LogP) is 1.98. The molecule has 0 spiro atoms. The number of esters is 1. The van der Waals surface area contributed by atoms with Crippen molar-refractivity contribution in [2.45, 2.75) is 45.2 Å². The summed E-state index contributed by atoms with van der Waals surface area (Å²) in [7, 11) is -2.78. The highest BCUT2D eigenvalue weighted by Gasteiger charge is 2.32. The number of ether oxygens (including phenoxy) is 1. The zero-order chi connectivity index (χ0) is 34.6. The van der Waals surface area contributed by atoms with E-state index in [1.807, 2.05) is 0 Å². The molecule has 0 heterocycles. The fourth-order valence-electron chi connectivity index (χ4n) is 3.48. The minimum absolute atomic E-state index is 0.0559. The topological polar surface area (TPSA) is 199 Å². The second-order valence-corrected chi connectivity index (χ2v) is 12.4. The number of carbonyl (C=O) groups excluding carboxylic acids is 4. The van der Waals surface area contributed by atoms with Crippen LogP contribution >= 0.6 is 11.6 Å². The number of hydroxylamine groups is 1. The van der Waals surface area contributed by atoms with Gasteiger partial charge in [0.1, 0.15) is 18.7 Å². The first-order chi connectivity index (χ1) is 21.5. The van der Waals surface area contributed by atoms with Gasteiger partial charge in [-0.3, -0.25) is 9.59 Å². The van der Waals surface area contributed by atoms with Crippen LogP contribution < -0.4 is 21.3 Å². The van der Waals surface area contributed by atoms with Crippen LogP contribution in [0.5, 0.6) is 0 Å². The SMILES string of the molecule is C=C(C)C(=O)OCC(NS(=O)(=O)Cc1ccc(Cl)cc1)C(=O)N(C)[C@@H](C)C(=O)NCc1ccc(N=C(N)NOC(=O)C(=C)C)cc1. The van der Waals surface area contributed by atoms with Crippen molar-refractivity contribution in [3.63, 3.8) is 0 Å². The largest absolute Gasteiger partial charge is 0.460 e. The highest BCUT2D eigenvalue weighted by Crippen LogP contribution is 2.14. The lowest BCUT2D eigenvalue weighted by Gasteiger charge is -2.28. The van der Waals surface area contributed by atoms with E-state index in [-0.39, 0.29) is 23.7 Å². The molecule has 2 aromatic carbocycles. The van der Waals surface area contributed by atoms with Crippen molar-refractivity contribution in [1.82, 2.24) is 20.4 Å². The number of amides is 2. The normalized spacial score (nSPS) is 12.7. The quantitative estimate of drug-likeness (QED) is 0.0754. The highest BCUT2D eigenvalue weighted by atomic mass is 35.5. The summed E-state index contributed by atoms with van der Waals surface area (Å²) < 4.78 is 33.2. The van der Waals surface area contributed by atoms with Crippen LogP contribution in [0.2, 0.25) is 5.02 Å². The number of guanidine groups is 1. The van der Waals surface area contributed by atoms with Gasteiger partial charge in [0.25, 0.3) is 0 Å². The molecule has 2 amide bonds. The Morgan fingerprint density at radius 1 is 0.978 bits per heavy atom. The lowest BCUT2D eigenvalue weighted by atomic mass is 10.2. The van der Waals surface area contributed by atoms with Crippen molar-refractivity contribution in [3.8, 4) is 0 Å². The molecular formula is C30H37ClN6O8S. The molecule has 1 unspecified atom stereocenters. The van der Waals surface area contributed by atoms with Gasteiger partial charge in [-0.1, -0.05) is 49.0 Å². The Balaban J connectivity index is 2.05. The molecule has 0 fully saturated rings. The number of nitrogens with zero attached hydrogens (tertiary/aromatic N) is 2. The molecule has 0 radical (unpaired) electrons. The van der Waals surface area contributed by atoms with Crippen LogP contribution in [-0.4, -0.2) is 68.8 Å². The maximum Gasteiger partial charge on any atom is 0.358 e. The average Bonchev–Trinajstić information content (AvgIpc) is 3.00. The zero-order valence-electron chi connectivity index (χ0n) is 25.8. The molecule has 0 saturated heterocycles. The van der Waals surface area contributed by atoms with Crippen LogP contribution in [0.1, 0.15) is 31.9 Å². The van der Waals surface area contributed by atoms with Gasteiger partial charge in [0, 0.05) is 29.8 Å². The molecule has 0 aromatic heterocycles. The minimum atomic E-state index is -4.11. The Morgan fingerprint density at radius 2 is 1.54 bits per heavy atom. The predicted molar refractivity (Wildman–Crippen MR) is 173 cm³/mol. The fourth-order valence-corrected chi connectivity index (χ4v) is 4.92. The first-order valence-corrected chi connectivity index (χ1v) is 15.7. The van der Waals surface area contributed by atoms with E-state index in [1.54, 1.807) is 24.3 Å². The monoisotopic (exact) mass is 676 g/mol. The second-order valence-electron chi connectivity index (χ2n) is 10.2. The molecule has 5 N–H and O–H groups in total. The number of hydrogen-bond donors (Lipinski definition) is 4. The van der Waals surface area contributed by atoms with Crippen molar-refractivity contribution in [3.05, 3.63) is 89.0 Å². The number of nitrogens with two attached hydrogens (primary N) is 1. The van der Waals surface area contributed by atoms with E-state index >= 15 is 0 Å². The Morgan fingerprint density at radius 3 is 2.11 bits per heavy atom. The summed E-state index contributed by atoms with van der Waals surface area (Å²) in [6.45, 7) is 10.7. The molecule has 0 aliphatic rings. The molecule has 2 atom stereocenters. The van der Waals surface area contributed by atoms with Crippen LogP contribution in [0.4, 0.5) is 5.69 Å². The number of likely N-dealkylation sites (N-methyl/N-ethyl adjacent to an activating group) is 1. The van der Waals surface area contributed by atoms with E-state index in [0.717, 1.165) is 4.90 Å². The molecule has 46 heavy (non-hydrogen) atoms. The van der Waals surface area contributed by atoms with Crippen LogP contribution in [0.15, 0.2) is 77.8 Å². The van der Waals surface area contributed by atoms with E-state index in [1.165, 1.54) is 52.1 Å². The summed E-state index contributed by atoms with van der Waals surface area (Å²) in [6.07, 6.45) is 0. The van der Waals surface area contributed by atoms with Gasteiger partial charge in [0.05, 0.1) is 11.4 Å². The van der Waals surface area contributed by atoms with Crippen LogP contribution in [0.25, 0.3) is 0 Å². The Hall–Kier alpha value is -4.73. The van der Waals surface area contributed by atoms with Gasteiger partial charge in [0.15, 0.2) is 0 Å². The summed E-state index contributed by atoms with van der Waals surface area (Å²) >= 11 is 5.87. The third-order valence-electron chi connectivity index (χ3n) is 6.18. The molecule has 0 bridgehead atoms. The molecule has 0 aliphatic carbocycles. The van der Waals surface area contributed by atoms with Gasteiger partial charge in [0.2, 0.25) is 27.8 Å². The van der Waals surface area contributed by atoms with Gasteiger partial charge in [-0.2, -0.15) is 10.2 Å². The van der Waals surface area contributed by atoms with Crippen LogP contribution in [0.3, 0.4) is 0 Å². The van der Waals surface area contributed by atoms with Crippen molar-refractivity contribution >= 4 is 57.0 Å². The third-order valence-corrected chi connectivity index (χ3v) is 7.79. The number of halogens is 1. The van der Waals surface area contributed by atoms with Gasteiger partial charge < -0.3 is 25.5 Å². The first kappa shape index (κ1) is 37.5. The number of nitrogens with one attached hydrogen (secondary N) is 3. The maximum atomic E-state index is 13.4.